The van der Waals surface area contributed by atoms with Gasteiger partial charge in [0.15, 0.2) is 6.29 Å². The van der Waals surface area contributed by atoms with Gasteiger partial charge in [0.2, 0.25) is 5.91 Å². The zero-order valence-corrected chi connectivity index (χ0v) is 53.8. The van der Waals surface area contributed by atoms with Crippen LogP contribution in [0.2, 0.25) is 0 Å². The van der Waals surface area contributed by atoms with Crippen molar-refractivity contribution in [3.63, 3.8) is 0 Å². The Hall–Kier alpha value is -1.41. The van der Waals surface area contributed by atoms with Gasteiger partial charge in [0.05, 0.1) is 25.4 Å². The highest BCUT2D eigenvalue weighted by Crippen LogP contribution is 2.24. The zero-order chi connectivity index (χ0) is 59.6. The second-order valence-electron chi connectivity index (χ2n) is 25.3. The molecule has 1 heterocycles. The number of allylic oxidation sites excluding steroid dienone is 4. The molecule has 1 aliphatic heterocycles. The van der Waals surface area contributed by atoms with Crippen molar-refractivity contribution in [1.29, 1.82) is 0 Å². The highest BCUT2D eigenvalue weighted by Gasteiger charge is 2.44. The Bertz CT molecular complexity index is 1380. The van der Waals surface area contributed by atoms with Crippen LogP contribution in [0, 0.1) is 0 Å². The van der Waals surface area contributed by atoms with Crippen LogP contribution in [0.3, 0.4) is 0 Å². The number of amides is 1. The molecule has 0 bridgehead atoms. The molecular weight excluding hydrogens is 1030 g/mol. The maximum atomic E-state index is 13.2. The van der Waals surface area contributed by atoms with E-state index < -0.39 is 74.2 Å². The summed E-state index contributed by atoms with van der Waals surface area (Å²) in [7, 11) is 0. The van der Waals surface area contributed by atoms with Gasteiger partial charge in [-0.3, -0.25) is 4.79 Å². The van der Waals surface area contributed by atoms with Crippen LogP contribution >= 0.6 is 0 Å². The van der Waals surface area contributed by atoms with E-state index in [1.54, 1.807) is 0 Å². The average Bonchev–Trinajstić information content (AvgIpc) is 3.53. The first kappa shape index (κ1) is 78.6. The lowest BCUT2D eigenvalue weighted by atomic mass is 9.98. The van der Waals surface area contributed by atoms with Crippen LogP contribution in [0.15, 0.2) is 24.3 Å². The Labute approximate surface area is 505 Å². The number of hydrogen-bond donors (Lipinski definition) is 8. The third-order valence-electron chi connectivity index (χ3n) is 17.5. The molecule has 0 saturated carbocycles. The molecule has 0 aliphatic carbocycles. The number of rotatable bonds is 63. The molecule has 1 saturated heterocycles. The number of aliphatic hydroxyl groups excluding tert-OH is 7. The molecule has 0 spiro atoms. The van der Waals surface area contributed by atoms with Crippen LogP contribution < -0.4 is 5.32 Å². The maximum Gasteiger partial charge on any atom is 0.249 e. The molecule has 11 nitrogen and oxygen atoms in total. The second kappa shape index (κ2) is 59.9. The molecule has 486 valence electrons. The van der Waals surface area contributed by atoms with Crippen molar-refractivity contribution in [2.24, 2.45) is 0 Å². The van der Waals surface area contributed by atoms with Gasteiger partial charge in [-0.2, -0.15) is 0 Å². The molecule has 11 heteroatoms. The van der Waals surface area contributed by atoms with Crippen LogP contribution in [0.1, 0.15) is 354 Å². The predicted octanol–water partition coefficient (Wildman–Crippen LogP) is 17.2. The van der Waals surface area contributed by atoms with E-state index in [2.05, 4.69) is 43.5 Å². The Kier molecular flexibility index (Phi) is 57.4. The number of aliphatic hydroxyl groups is 7. The summed E-state index contributed by atoms with van der Waals surface area (Å²) >= 11 is 0. The summed E-state index contributed by atoms with van der Waals surface area (Å²) in [6, 6.07) is -1.17. The molecule has 0 aromatic heterocycles. The lowest BCUT2D eigenvalue weighted by Crippen LogP contribution is -2.60. The number of unbranched alkanes of at least 4 members (excludes halogenated alkanes) is 47. The first-order chi connectivity index (χ1) is 40.2. The normalized spacial score (nSPS) is 19.2. The molecule has 1 aliphatic rings. The van der Waals surface area contributed by atoms with Gasteiger partial charge in [-0.15, -0.1) is 0 Å². The van der Waals surface area contributed by atoms with Crippen LogP contribution in [0.5, 0.6) is 0 Å². The van der Waals surface area contributed by atoms with Gasteiger partial charge in [0.25, 0.3) is 0 Å². The first-order valence-corrected chi connectivity index (χ1v) is 35.7. The smallest absolute Gasteiger partial charge is 0.249 e. The predicted molar refractivity (Wildman–Crippen MR) is 344 cm³/mol. The molecule has 1 rings (SSSR count). The molecule has 1 amide bonds. The summed E-state index contributed by atoms with van der Waals surface area (Å²) in [4.78, 5) is 13.2. The van der Waals surface area contributed by atoms with Gasteiger partial charge in [-0.05, 0) is 44.9 Å². The molecule has 9 unspecified atom stereocenters. The fourth-order valence-corrected chi connectivity index (χ4v) is 11.8. The number of carbonyl (C=O) groups excluding carboxylic acids is 1. The van der Waals surface area contributed by atoms with Gasteiger partial charge in [-0.25, -0.2) is 0 Å². The van der Waals surface area contributed by atoms with Gasteiger partial charge < -0.3 is 50.5 Å². The monoisotopic (exact) mass is 1160 g/mol. The number of hydrogen-bond acceptors (Lipinski definition) is 10. The number of nitrogens with one attached hydrogen (secondary N) is 1. The number of ether oxygens (including phenoxy) is 2. The first-order valence-electron chi connectivity index (χ1n) is 35.7. The van der Waals surface area contributed by atoms with Gasteiger partial charge in [0, 0.05) is 0 Å². The van der Waals surface area contributed by atoms with Crippen molar-refractivity contribution >= 4 is 5.91 Å². The Morgan fingerprint density at radius 1 is 0.427 bits per heavy atom. The molecular formula is C71H137NO10. The third kappa shape index (κ3) is 46.8. The third-order valence-corrected chi connectivity index (χ3v) is 17.5. The van der Waals surface area contributed by atoms with E-state index >= 15 is 0 Å². The largest absolute Gasteiger partial charge is 0.394 e. The van der Waals surface area contributed by atoms with Crippen molar-refractivity contribution in [3.8, 4) is 0 Å². The molecule has 0 radical (unpaired) electrons. The molecule has 0 aromatic rings. The van der Waals surface area contributed by atoms with Crippen LogP contribution in [0.4, 0.5) is 0 Å². The summed E-state index contributed by atoms with van der Waals surface area (Å²) in [5, 5.41) is 76.4. The molecule has 0 aromatic carbocycles. The maximum absolute atomic E-state index is 13.2. The highest BCUT2D eigenvalue weighted by molar-refractivity contribution is 5.80. The van der Waals surface area contributed by atoms with Crippen LogP contribution in [-0.4, -0.2) is 110 Å². The van der Waals surface area contributed by atoms with E-state index in [0.717, 1.165) is 44.9 Å². The Balaban J connectivity index is 2.12. The summed E-state index contributed by atoms with van der Waals surface area (Å²) < 4.78 is 11.2. The van der Waals surface area contributed by atoms with Gasteiger partial charge in [-0.1, -0.05) is 334 Å². The van der Waals surface area contributed by atoms with E-state index in [4.69, 9.17) is 9.47 Å². The second-order valence-corrected chi connectivity index (χ2v) is 25.3. The fourth-order valence-electron chi connectivity index (χ4n) is 11.8. The Morgan fingerprint density at radius 3 is 1.09 bits per heavy atom. The van der Waals surface area contributed by atoms with Gasteiger partial charge >= 0.3 is 0 Å². The highest BCUT2D eigenvalue weighted by atomic mass is 16.7. The molecule has 1 fully saturated rings. The number of carbonyl (C=O) groups is 1. The quantitative estimate of drug-likeness (QED) is 0.0215. The topological polar surface area (TPSA) is 189 Å². The van der Waals surface area contributed by atoms with Gasteiger partial charge in [0.1, 0.15) is 36.6 Å². The average molecular weight is 1160 g/mol. The van der Waals surface area contributed by atoms with Crippen molar-refractivity contribution in [2.45, 2.75) is 409 Å². The Morgan fingerprint density at radius 2 is 0.744 bits per heavy atom. The van der Waals surface area contributed by atoms with E-state index in [-0.39, 0.29) is 6.42 Å². The molecule has 8 N–H and O–H groups in total. The van der Waals surface area contributed by atoms with E-state index in [1.165, 1.54) is 270 Å². The van der Waals surface area contributed by atoms with Crippen molar-refractivity contribution < 1.29 is 50.0 Å². The summed E-state index contributed by atoms with van der Waals surface area (Å²) in [5.41, 5.74) is 0. The van der Waals surface area contributed by atoms with Crippen LogP contribution in [0.25, 0.3) is 0 Å². The van der Waals surface area contributed by atoms with Crippen molar-refractivity contribution in [2.75, 3.05) is 13.2 Å². The minimum Gasteiger partial charge on any atom is -0.394 e. The van der Waals surface area contributed by atoms with Crippen LogP contribution in [-0.2, 0) is 14.3 Å². The lowest BCUT2D eigenvalue weighted by molar-refractivity contribution is -0.303. The van der Waals surface area contributed by atoms with E-state index in [0.29, 0.717) is 19.3 Å². The van der Waals surface area contributed by atoms with E-state index in [1.807, 2.05) is 0 Å². The molecule has 9 atom stereocenters. The fraction of sp³-hybridized carbons (Fsp3) is 0.930. The SMILES string of the molecule is CCCCCCCCCCCCCCCCC/C=C\C/C=C\CCCCCCCCCCCCCCCCCCC(O)C(=O)NC(COC1OC(CO)C(O)C(O)C1O)C(O)C(O)CCCCCCCCCCCCCCCCCCC. The van der Waals surface area contributed by atoms with E-state index in [9.17, 15) is 40.5 Å². The zero-order valence-electron chi connectivity index (χ0n) is 53.8. The summed E-state index contributed by atoms with van der Waals surface area (Å²) in [6.45, 7) is 3.51. The minimum atomic E-state index is -1.66. The van der Waals surface area contributed by atoms with Crippen molar-refractivity contribution in [1.82, 2.24) is 5.32 Å². The van der Waals surface area contributed by atoms with Crippen molar-refractivity contribution in [3.05, 3.63) is 24.3 Å². The lowest BCUT2D eigenvalue weighted by Gasteiger charge is -2.40. The standard InChI is InChI=1S/C71H137NO10/c1-3-5-7-9-11-13-15-17-19-21-22-23-24-25-26-27-28-29-30-31-32-33-34-35-36-37-38-39-40-41-43-45-47-49-51-53-55-57-59-64(75)70(80)72-62(61-81-71-69(79)68(78)67(77)65(60-73)82-71)66(76)63(74)58-56-54-52-50-48-46-44-42-20-18-16-14-12-10-8-6-4-2/h28-29,31-32,62-69,71,73-79H,3-27,30,33-61H2,1-2H3,(H,72,80)/b29-28-,32-31-. The summed E-state index contributed by atoms with van der Waals surface area (Å²) in [6.07, 6.45) is 64.2. The minimum absolute atomic E-state index is 0.263. The molecule has 82 heavy (non-hydrogen) atoms. The summed E-state index contributed by atoms with van der Waals surface area (Å²) in [5.74, 6) is -0.691.